The molecule has 5 N–H and O–H groups in total. The number of aliphatic hydroxyl groups is 1. The van der Waals surface area contributed by atoms with Crippen molar-refractivity contribution >= 4 is 28.8 Å². The summed E-state index contributed by atoms with van der Waals surface area (Å²) in [5, 5.41) is 14.5. The van der Waals surface area contributed by atoms with Crippen LogP contribution in [0.1, 0.15) is 40.0 Å². The average Bonchev–Trinajstić information content (AvgIpc) is 3.07. The summed E-state index contributed by atoms with van der Waals surface area (Å²) in [5.74, 6) is 0. The number of urea groups is 1. The topological polar surface area (TPSA) is 263 Å². The van der Waals surface area contributed by atoms with Gasteiger partial charge in [-0.05, 0) is 40.0 Å². The molecule has 0 saturated heterocycles. The molecule has 0 spiro atoms. The minimum Gasteiger partial charge on any atom is -0.778 e. The molecule has 0 radical (unpaired) electrons. The fraction of sp³-hybridized carbons (Fsp3) is 0.971. The Bertz CT molecular complexity index is 1130. The Balaban J connectivity index is -0.000000788. The van der Waals surface area contributed by atoms with Crippen molar-refractivity contribution in [2.24, 2.45) is 5.73 Å². The Labute approximate surface area is 350 Å². The lowest BCUT2D eigenvalue weighted by molar-refractivity contribution is -0.870. The van der Waals surface area contributed by atoms with Crippen LogP contribution >= 0.6 is 22.8 Å². The Morgan fingerprint density at radius 1 is 0.621 bits per heavy atom. The average molecular weight is 905 g/mol. The first-order valence-corrected chi connectivity index (χ1v) is 25.0. The smallest absolute Gasteiger partial charge is 0.314 e. The van der Waals surface area contributed by atoms with Crippen LogP contribution in [0.15, 0.2) is 0 Å². The number of ether oxygens (including phenoxy) is 3. The maximum absolute atomic E-state index is 11.9. The highest BCUT2D eigenvalue weighted by molar-refractivity contribution is 7.51. The number of hydrogen-bond acceptors (Lipinski definition) is 15. The minimum absolute atomic E-state index is 0.0294. The standard InChI is InChI=1S/C13H30N3O5P.C11H27N2O4P.C11H26NO5P/c1-6-20-11-12(15-13(17)14-2)7-10-22(18,19)21-9-8-16(3,4)5;1-5-16-10-11(12)6-9-18(14,15)17-8-7-13(2,3)4;1-5-16-10-11(13)6-9-18(14,15)17-8-7-12(2,3)4/h12H,6-11H2,1-5H3,(H2-,14,15,17,18,19);11H,5-10,12H2,1-4H3;11,13H,5-10H2,1-4H3/t12-;2*11-/m110/s1. The maximum Gasteiger partial charge on any atom is 0.314 e. The van der Waals surface area contributed by atoms with Gasteiger partial charge in [-0.3, -0.25) is 0 Å². The molecule has 0 aliphatic heterocycles. The number of amides is 2. The van der Waals surface area contributed by atoms with E-state index in [0.717, 1.165) is 0 Å². The van der Waals surface area contributed by atoms with Crippen LogP contribution in [0.5, 0.6) is 0 Å². The second-order valence-corrected chi connectivity index (χ2v) is 22.5. The zero-order valence-electron chi connectivity index (χ0n) is 38.0. The van der Waals surface area contributed by atoms with Crippen LogP contribution in [0, 0.1) is 0 Å². The van der Waals surface area contributed by atoms with Crippen molar-refractivity contribution in [2.75, 3.05) is 168 Å². The van der Waals surface area contributed by atoms with Gasteiger partial charge in [0.05, 0.1) is 95.4 Å². The van der Waals surface area contributed by atoms with E-state index in [1.54, 1.807) is 0 Å². The summed E-state index contributed by atoms with van der Waals surface area (Å²) < 4.78 is 67.2. The summed E-state index contributed by atoms with van der Waals surface area (Å²) >= 11 is 0. The third kappa shape index (κ3) is 46.5. The molecule has 0 aliphatic rings. The number of carbonyl (C=O) groups excluding carboxylic acids is 1. The van der Waals surface area contributed by atoms with Crippen molar-refractivity contribution in [2.45, 2.75) is 58.2 Å². The van der Waals surface area contributed by atoms with E-state index in [1.807, 2.05) is 84.2 Å². The van der Waals surface area contributed by atoms with Crippen LogP contribution in [0.4, 0.5) is 4.79 Å². The summed E-state index contributed by atoms with van der Waals surface area (Å²) in [4.78, 5) is 46.4. The molecule has 0 aromatic rings. The maximum atomic E-state index is 11.9. The van der Waals surface area contributed by atoms with Gasteiger partial charge in [0.1, 0.15) is 62.2 Å². The number of hydrogen-bond donors (Lipinski definition) is 4. The van der Waals surface area contributed by atoms with E-state index in [1.165, 1.54) is 7.05 Å². The lowest BCUT2D eigenvalue weighted by atomic mass is 10.2. The molecular formula is C35H83N6O14P3. The number of rotatable bonds is 31. The monoisotopic (exact) mass is 905 g/mol. The molecular weight excluding hydrogens is 821 g/mol. The van der Waals surface area contributed by atoms with E-state index in [4.69, 9.17) is 33.5 Å². The van der Waals surface area contributed by atoms with Crippen molar-refractivity contribution in [1.82, 2.24) is 10.6 Å². The quantitative estimate of drug-likeness (QED) is 0.0530. The molecule has 6 atom stereocenters. The second kappa shape index (κ2) is 32.1. The largest absolute Gasteiger partial charge is 0.778 e. The molecule has 0 fully saturated rings. The highest BCUT2D eigenvalue weighted by Gasteiger charge is 2.19. The SMILES string of the molecule is CCOC[C@@H](CCP(=O)([O-])OCC[N+](C)(C)C)NC(=O)NC.CCOC[C@@H](O)CCP(=O)([O-])OCC[N+](C)(C)C.CCOC[C@H](N)CCP(=O)([O-])OCC[N+](C)(C)C. The Hall–Kier alpha value is -0.600. The predicted molar refractivity (Wildman–Crippen MR) is 223 cm³/mol. The molecule has 0 saturated carbocycles. The van der Waals surface area contributed by atoms with E-state index in [9.17, 15) is 38.3 Å². The van der Waals surface area contributed by atoms with Crippen molar-refractivity contribution in [3.05, 3.63) is 0 Å². The third-order valence-electron chi connectivity index (χ3n) is 7.55. The first kappa shape index (κ1) is 61.7. The molecule has 2 amide bonds. The zero-order chi connectivity index (χ0) is 45.7. The Morgan fingerprint density at radius 2 is 0.966 bits per heavy atom. The number of nitrogens with zero attached hydrogens (tertiary/aromatic N) is 3. The summed E-state index contributed by atoms with van der Waals surface area (Å²) in [6.45, 7) is 10.3. The van der Waals surface area contributed by atoms with Crippen LogP contribution < -0.4 is 31.0 Å². The minimum atomic E-state index is -3.90. The van der Waals surface area contributed by atoms with E-state index in [0.29, 0.717) is 65.9 Å². The molecule has 23 heteroatoms. The van der Waals surface area contributed by atoms with Crippen molar-refractivity contribution in [3.8, 4) is 0 Å². The summed E-state index contributed by atoms with van der Waals surface area (Å²) in [5.41, 5.74) is 5.72. The molecule has 0 heterocycles. The third-order valence-corrected chi connectivity index (χ3v) is 11.7. The van der Waals surface area contributed by atoms with Gasteiger partial charge in [-0.1, -0.05) is 0 Å². The fourth-order valence-electron chi connectivity index (χ4n) is 3.90. The van der Waals surface area contributed by atoms with Crippen molar-refractivity contribution in [1.29, 1.82) is 0 Å². The van der Waals surface area contributed by atoms with Gasteiger partial charge in [0.15, 0.2) is 0 Å². The normalized spacial score (nSPS) is 16.9. The van der Waals surface area contributed by atoms with Crippen LogP contribution in [0.3, 0.4) is 0 Å². The van der Waals surface area contributed by atoms with E-state index in [-0.39, 0.29) is 82.5 Å². The molecule has 0 aromatic carbocycles. The van der Waals surface area contributed by atoms with Crippen molar-refractivity contribution < 1.29 is 79.5 Å². The van der Waals surface area contributed by atoms with Gasteiger partial charge in [0, 0.05) is 51.4 Å². The first-order chi connectivity index (χ1) is 26.4. The molecule has 3 unspecified atom stereocenters. The summed E-state index contributed by atoms with van der Waals surface area (Å²) in [6, 6.07) is -0.991. The Morgan fingerprint density at radius 3 is 1.33 bits per heavy atom. The lowest BCUT2D eigenvalue weighted by Gasteiger charge is -2.29. The highest BCUT2D eigenvalue weighted by atomic mass is 31.2. The molecule has 20 nitrogen and oxygen atoms in total. The second-order valence-electron chi connectivity index (χ2n) is 16.7. The predicted octanol–water partition coefficient (Wildman–Crippen LogP) is 0.0534. The van der Waals surface area contributed by atoms with E-state index >= 15 is 0 Å². The summed E-state index contributed by atoms with van der Waals surface area (Å²) in [7, 11) is 7.72. The Kier molecular flexibility index (Phi) is 34.2. The van der Waals surface area contributed by atoms with Gasteiger partial charge in [-0.2, -0.15) is 0 Å². The number of carbonyl (C=O) groups is 1. The number of quaternary nitrogens is 3. The van der Waals surface area contributed by atoms with Gasteiger partial charge >= 0.3 is 6.03 Å². The molecule has 0 bridgehead atoms. The van der Waals surface area contributed by atoms with Crippen LogP contribution in [0.25, 0.3) is 0 Å². The number of nitrogens with one attached hydrogen (secondary N) is 2. The fourth-order valence-corrected chi connectivity index (χ4v) is 7.26. The van der Waals surface area contributed by atoms with Gasteiger partial charge < -0.3 is 91.1 Å². The molecule has 352 valence electrons. The number of nitrogens with two attached hydrogens (primary N) is 1. The highest BCUT2D eigenvalue weighted by Crippen LogP contribution is 2.39. The van der Waals surface area contributed by atoms with E-state index < -0.39 is 28.9 Å². The summed E-state index contributed by atoms with van der Waals surface area (Å²) in [6.07, 6.45) is -0.313. The van der Waals surface area contributed by atoms with Gasteiger partial charge in [-0.15, -0.1) is 0 Å². The van der Waals surface area contributed by atoms with Gasteiger partial charge in [0.25, 0.3) is 0 Å². The molecule has 0 aromatic heterocycles. The van der Waals surface area contributed by atoms with Gasteiger partial charge in [0.2, 0.25) is 0 Å². The van der Waals surface area contributed by atoms with Crippen LogP contribution in [0.2, 0.25) is 0 Å². The molecule has 0 aliphatic carbocycles. The van der Waals surface area contributed by atoms with Gasteiger partial charge in [-0.25, -0.2) is 4.79 Å². The molecule has 0 rings (SSSR count). The van der Waals surface area contributed by atoms with Crippen LogP contribution in [-0.2, 0) is 41.5 Å². The lowest BCUT2D eigenvalue weighted by Crippen LogP contribution is -2.43. The first-order valence-electron chi connectivity index (χ1n) is 19.8. The number of likely N-dealkylation sites (N-methyl/N-ethyl adjacent to an activating group) is 3. The van der Waals surface area contributed by atoms with Crippen molar-refractivity contribution in [3.63, 3.8) is 0 Å². The zero-order valence-corrected chi connectivity index (χ0v) is 40.7. The molecule has 58 heavy (non-hydrogen) atoms. The van der Waals surface area contributed by atoms with E-state index in [2.05, 4.69) is 10.6 Å². The number of aliphatic hydroxyl groups excluding tert-OH is 1. The van der Waals surface area contributed by atoms with Crippen LogP contribution in [-0.4, -0.2) is 211 Å².